The zero-order valence-electron chi connectivity index (χ0n) is 14.3. The molecule has 0 saturated carbocycles. The van der Waals surface area contributed by atoms with Gasteiger partial charge in [0.15, 0.2) is 6.29 Å². The number of rotatable bonds is 5. The molecule has 0 aliphatic rings. The lowest BCUT2D eigenvalue weighted by molar-refractivity contribution is 0.112. The van der Waals surface area contributed by atoms with Crippen molar-refractivity contribution >= 4 is 17.1 Å². The van der Waals surface area contributed by atoms with Gasteiger partial charge in [-0.15, -0.1) is 0 Å². The quantitative estimate of drug-likeness (QED) is 0.424. The van der Waals surface area contributed by atoms with Crippen molar-refractivity contribution in [2.75, 3.05) is 0 Å². The first-order valence-corrected chi connectivity index (χ1v) is 8.59. The highest BCUT2D eigenvalue weighted by atomic mass is 16.5. The Morgan fingerprint density at radius 1 is 0.731 bits per heavy atom. The largest absolute Gasteiger partial charge is 0.488 e. The minimum absolute atomic E-state index is 0.462. The van der Waals surface area contributed by atoms with Gasteiger partial charge in [0.2, 0.25) is 0 Å². The zero-order valence-corrected chi connectivity index (χ0v) is 14.3. The average Bonchev–Trinajstić information content (AvgIpc) is 2.72. The predicted molar refractivity (Wildman–Crippen MR) is 106 cm³/mol. The number of aldehydes is 1. The van der Waals surface area contributed by atoms with Gasteiger partial charge in [-0.25, -0.2) is 0 Å². The summed E-state index contributed by atoms with van der Waals surface area (Å²) in [5.74, 6) is 0.716. The van der Waals surface area contributed by atoms with Gasteiger partial charge in [-0.05, 0) is 34.0 Å². The molecule has 0 aromatic heterocycles. The van der Waals surface area contributed by atoms with Crippen LogP contribution in [0.2, 0.25) is 0 Å². The Hall–Kier alpha value is -3.39. The van der Waals surface area contributed by atoms with Gasteiger partial charge in [-0.2, -0.15) is 0 Å². The Kier molecular flexibility index (Phi) is 4.48. The van der Waals surface area contributed by atoms with Crippen LogP contribution in [0, 0.1) is 0 Å². The zero-order chi connectivity index (χ0) is 17.8. The summed E-state index contributed by atoms with van der Waals surface area (Å²) in [5.41, 5.74) is 3.54. The SMILES string of the molecule is O=Cc1cccc(OCc2ccccc2)c1-c1ccc2ccccc2c1. The summed E-state index contributed by atoms with van der Waals surface area (Å²) in [6.45, 7) is 0.462. The Morgan fingerprint density at radius 2 is 1.50 bits per heavy atom. The normalized spacial score (nSPS) is 10.6. The summed E-state index contributed by atoms with van der Waals surface area (Å²) in [7, 11) is 0. The van der Waals surface area contributed by atoms with Crippen molar-refractivity contribution < 1.29 is 9.53 Å². The third-order valence-corrected chi connectivity index (χ3v) is 4.46. The molecule has 0 saturated heterocycles. The van der Waals surface area contributed by atoms with Gasteiger partial charge in [0.25, 0.3) is 0 Å². The molecule has 0 unspecified atom stereocenters. The fourth-order valence-electron chi connectivity index (χ4n) is 3.16. The van der Waals surface area contributed by atoms with E-state index in [1.165, 1.54) is 5.39 Å². The average molecular weight is 338 g/mol. The van der Waals surface area contributed by atoms with E-state index in [-0.39, 0.29) is 0 Å². The molecule has 0 aliphatic carbocycles. The summed E-state index contributed by atoms with van der Waals surface area (Å²) in [6.07, 6.45) is 0.889. The van der Waals surface area contributed by atoms with Crippen LogP contribution in [-0.2, 0) is 6.61 Å². The second-order valence-corrected chi connectivity index (χ2v) is 6.17. The van der Waals surface area contributed by atoms with Crippen molar-refractivity contribution in [3.05, 3.63) is 102 Å². The van der Waals surface area contributed by atoms with Crippen LogP contribution in [-0.4, -0.2) is 6.29 Å². The molecular formula is C24H18O2. The number of carbonyl (C=O) groups excluding carboxylic acids is 1. The van der Waals surface area contributed by atoms with Crippen LogP contribution in [0.15, 0.2) is 91.0 Å². The number of carbonyl (C=O) groups is 1. The molecule has 4 rings (SSSR count). The Bertz CT molecular complexity index is 1050. The molecule has 126 valence electrons. The predicted octanol–water partition coefficient (Wildman–Crippen LogP) is 5.90. The van der Waals surface area contributed by atoms with E-state index in [2.05, 4.69) is 24.3 Å². The van der Waals surface area contributed by atoms with E-state index in [1.807, 2.05) is 66.7 Å². The number of fused-ring (bicyclic) bond motifs is 1. The minimum Gasteiger partial charge on any atom is -0.488 e. The van der Waals surface area contributed by atoms with Gasteiger partial charge in [0.05, 0.1) is 0 Å². The molecule has 26 heavy (non-hydrogen) atoms. The first-order valence-electron chi connectivity index (χ1n) is 8.59. The summed E-state index contributed by atoms with van der Waals surface area (Å²) < 4.78 is 6.07. The van der Waals surface area contributed by atoms with Crippen LogP contribution < -0.4 is 4.74 Å². The molecule has 4 aromatic rings. The van der Waals surface area contributed by atoms with Crippen LogP contribution in [0.3, 0.4) is 0 Å². The van der Waals surface area contributed by atoms with Crippen molar-refractivity contribution in [2.24, 2.45) is 0 Å². The van der Waals surface area contributed by atoms with Gasteiger partial charge in [0.1, 0.15) is 12.4 Å². The minimum atomic E-state index is 0.462. The summed E-state index contributed by atoms with van der Waals surface area (Å²) in [4.78, 5) is 11.6. The fourth-order valence-corrected chi connectivity index (χ4v) is 3.16. The molecule has 0 amide bonds. The molecule has 0 bridgehead atoms. The molecule has 0 spiro atoms. The summed E-state index contributed by atoms with van der Waals surface area (Å²) >= 11 is 0. The molecule has 0 N–H and O–H groups in total. The highest BCUT2D eigenvalue weighted by Gasteiger charge is 2.12. The molecule has 0 atom stereocenters. The van der Waals surface area contributed by atoms with Gasteiger partial charge in [-0.3, -0.25) is 4.79 Å². The number of hydrogen-bond acceptors (Lipinski definition) is 2. The maximum absolute atomic E-state index is 11.6. The first kappa shape index (κ1) is 16.1. The molecule has 2 heteroatoms. The van der Waals surface area contributed by atoms with Crippen molar-refractivity contribution in [2.45, 2.75) is 6.61 Å². The molecule has 0 heterocycles. The van der Waals surface area contributed by atoms with E-state index in [9.17, 15) is 4.79 Å². The fraction of sp³-hybridized carbons (Fsp3) is 0.0417. The lowest BCUT2D eigenvalue weighted by Crippen LogP contribution is -1.99. The number of hydrogen-bond donors (Lipinski definition) is 0. The molecule has 0 fully saturated rings. The Morgan fingerprint density at radius 3 is 2.31 bits per heavy atom. The first-order chi connectivity index (χ1) is 12.8. The standard InChI is InChI=1S/C24H18O2/c25-16-22-11-6-12-23(26-17-18-7-2-1-3-8-18)24(22)21-14-13-19-9-4-5-10-20(19)15-21/h1-16H,17H2. The number of ether oxygens (including phenoxy) is 1. The second-order valence-electron chi connectivity index (χ2n) is 6.17. The van der Waals surface area contributed by atoms with E-state index < -0.39 is 0 Å². The van der Waals surface area contributed by atoms with Gasteiger partial charge >= 0.3 is 0 Å². The third-order valence-electron chi connectivity index (χ3n) is 4.46. The lowest BCUT2D eigenvalue weighted by Gasteiger charge is -2.14. The highest BCUT2D eigenvalue weighted by molar-refractivity contribution is 5.94. The maximum Gasteiger partial charge on any atom is 0.150 e. The second kappa shape index (κ2) is 7.24. The smallest absolute Gasteiger partial charge is 0.150 e. The van der Waals surface area contributed by atoms with E-state index in [1.54, 1.807) is 0 Å². The molecular weight excluding hydrogens is 320 g/mol. The summed E-state index contributed by atoms with van der Waals surface area (Å²) in [5, 5.41) is 2.31. The van der Waals surface area contributed by atoms with E-state index in [0.29, 0.717) is 17.9 Å². The van der Waals surface area contributed by atoms with E-state index in [0.717, 1.165) is 28.4 Å². The molecule has 0 aliphatic heterocycles. The highest BCUT2D eigenvalue weighted by Crippen LogP contribution is 2.35. The molecule has 0 radical (unpaired) electrons. The molecule has 2 nitrogen and oxygen atoms in total. The monoisotopic (exact) mass is 338 g/mol. The maximum atomic E-state index is 11.6. The van der Waals surface area contributed by atoms with Crippen LogP contribution in [0.5, 0.6) is 5.75 Å². The van der Waals surface area contributed by atoms with Crippen molar-refractivity contribution in [1.29, 1.82) is 0 Å². The van der Waals surface area contributed by atoms with Crippen LogP contribution >= 0.6 is 0 Å². The van der Waals surface area contributed by atoms with Crippen LogP contribution in [0.1, 0.15) is 15.9 Å². The van der Waals surface area contributed by atoms with Gasteiger partial charge in [0, 0.05) is 11.1 Å². The summed E-state index contributed by atoms with van der Waals surface area (Å²) in [6, 6.07) is 30.0. The van der Waals surface area contributed by atoms with Gasteiger partial charge < -0.3 is 4.74 Å². The van der Waals surface area contributed by atoms with E-state index >= 15 is 0 Å². The molecule has 4 aromatic carbocycles. The van der Waals surface area contributed by atoms with Crippen molar-refractivity contribution in [3.63, 3.8) is 0 Å². The Balaban J connectivity index is 1.76. The Labute approximate surface area is 152 Å². The van der Waals surface area contributed by atoms with Crippen LogP contribution in [0.4, 0.5) is 0 Å². The number of benzene rings is 4. The van der Waals surface area contributed by atoms with E-state index in [4.69, 9.17) is 4.74 Å². The lowest BCUT2D eigenvalue weighted by atomic mass is 9.96. The van der Waals surface area contributed by atoms with Crippen molar-refractivity contribution in [3.8, 4) is 16.9 Å². The topological polar surface area (TPSA) is 26.3 Å². The van der Waals surface area contributed by atoms with Gasteiger partial charge in [-0.1, -0.05) is 78.9 Å². The third kappa shape index (κ3) is 3.22. The van der Waals surface area contributed by atoms with Crippen LogP contribution in [0.25, 0.3) is 21.9 Å². The van der Waals surface area contributed by atoms with Crippen molar-refractivity contribution in [1.82, 2.24) is 0 Å².